The fourth-order valence-electron chi connectivity index (χ4n) is 2.53. The Morgan fingerprint density at radius 3 is 2.18 bits per heavy atom. The van der Waals surface area contributed by atoms with Crippen LogP contribution < -0.4 is 0 Å². The molecule has 0 radical (unpaired) electrons. The van der Waals surface area contributed by atoms with Gasteiger partial charge in [0.15, 0.2) is 0 Å². The maximum absolute atomic E-state index is 10.9. The van der Waals surface area contributed by atoms with Crippen LogP contribution in [0.3, 0.4) is 0 Å². The van der Waals surface area contributed by atoms with Crippen molar-refractivity contribution in [2.75, 3.05) is 0 Å². The van der Waals surface area contributed by atoms with Gasteiger partial charge in [-0.15, -0.1) is 0 Å². The number of aryl methyl sites for hydroxylation is 2. The maximum atomic E-state index is 10.9. The van der Waals surface area contributed by atoms with E-state index in [0.717, 1.165) is 42.9 Å². The van der Waals surface area contributed by atoms with Gasteiger partial charge in [-0.3, -0.25) is 4.79 Å². The average Bonchev–Trinajstić information content (AvgIpc) is 2.28. The second-order valence-electron chi connectivity index (χ2n) is 4.90. The third-order valence-corrected chi connectivity index (χ3v) is 3.44. The van der Waals surface area contributed by atoms with Crippen LogP contribution in [0.5, 0.6) is 0 Å². The first-order chi connectivity index (χ1) is 8.06. The predicted octanol–water partition coefficient (Wildman–Crippen LogP) is 2.45. The van der Waals surface area contributed by atoms with Crippen LogP contribution in [0.4, 0.5) is 0 Å². The number of hydrogen-bond donors (Lipinski definition) is 1. The van der Waals surface area contributed by atoms with Crippen LogP contribution >= 0.6 is 0 Å². The fraction of sp³-hybridized carbons (Fsp3) is 0.615. The lowest BCUT2D eigenvalue weighted by Gasteiger charge is -2.25. The predicted molar refractivity (Wildman–Crippen MR) is 63.8 cm³/mol. The molecule has 1 N–H and O–H groups in total. The molecule has 0 aliphatic heterocycles. The second kappa shape index (κ2) is 4.82. The van der Waals surface area contributed by atoms with Gasteiger partial charge in [-0.25, -0.2) is 9.97 Å². The first-order valence-electron chi connectivity index (χ1n) is 6.11. The van der Waals surface area contributed by atoms with Gasteiger partial charge in [0, 0.05) is 17.3 Å². The number of carbonyl (C=O) groups is 1. The molecule has 4 nitrogen and oxygen atoms in total. The van der Waals surface area contributed by atoms with E-state index in [4.69, 9.17) is 5.11 Å². The third kappa shape index (κ3) is 2.81. The molecule has 0 atom stereocenters. The summed E-state index contributed by atoms with van der Waals surface area (Å²) >= 11 is 0. The highest BCUT2D eigenvalue weighted by Gasteiger charge is 2.28. The Morgan fingerprint density at radius 2 is 1.71 bits per heavy atom. The minimum absolute atomic E-state index is 0.169. The molecule has 1 heterocycles. The van der Waals surface area contributed by atoms with Gasteiger partial charge in [-0.05, 0) is 45.6 Å². The maximum Gasteiger partial charge on any atom is 0.306 e. The van der Waals surface area contributed by atoms with Gasteiger partial charge in [-0.2, -0.15) is 0 Å². The molecule has 1 saturated carbocycles. The van der Waals surface area contributed by atoms with E-state index < -0.39 is 5.97 Å². The first-order valence-corrected chi connectivity index (χ1v) is 6.11. The molecule has 0 unspecified atom stereocenters. The third-order valence-electron chi connectivity index (χ3n) is 3.44. The molecule has 1 aliphatic carbocycles. The van der Waals surface area contributed by atoms with Crippen molar-refractivity contribution >= 4 is 5.97 Å². The van der Waals surface area contributed by atoms with Gasteiger partial charge in [0.2, 0.25) is 0 Å². The Balaban J connectivity index is 2.07. The van der Waals surface area contributed by atoms with Crippen molar-refractivity contribution in [3.63, 3.8) is 0 Å². The molecule has 4 heteroatoms. The Kier molecular flexibility index (Phi) is 3.41. The molecule has 0 saturated heterocycles. The standard InChI is InChI=1S/C13H18N2O2/c1-8-7-9(2)15-12(14-8)10-3-5-11(6-4-10)13(16)17/h7,10-11H,3-6H2,1-2H3,(H,16,17). The van der Waals surface area contributed by atoms with Gasteiger partial charge in [0.1, 0.15) is 5.82 Å². The zero-order valence-electron chi connectivity index (χ0n) is 10.3. The SMILES string of the molecule is Cc1cc(C)nc(C2CCC(C(=O)O)CC2)n1. The monoisotopic (exact) mass is 234 g/mol. The summed E-state index contributed by atoms with van der Waals surface area (Å²) in [5.74, 6) is 0.400. The Hall–Kier alpha value is -1.45. The van der Waals surface area contributed by atoms with Crippen LogP contribution in [-0.2, 0) is 4.79 Å². The van der Waals surface area contributed by atoms with E-state index >= 15 is 0 Å². The van der Waals surface area contributed by atoms with Crippen molar-refractivity contribution in [2.45, 2.75) is 45.4 Å². The van der Waals surface area contributed by atoms with Crippen LogP contribution in [-0.4, -0.2) is 21.0 Å². The number of rotatable bonds is 2. The lowest BCUT2D eigenvalue weighted by atomic mass is 9.81. The lowest BCUT2D eigenvalue weighted by molar-refractivity contribution is -0.142. The van der Waals surface area contributed by atoms with E-state index in [-0.39, 0.29) is 5.92 Å². The molecule has 0 spiro atoms. The van der Waals surface area contributed by atoms with E-state index in [1.165, 1.54) is 0 Å². The number of carboxylic acid groups (broad SMARTS) is 1. The summed E-state index contributed by atoms with van der Waals surface area (Å²) in [4.78, 5) is 19.8. The molecule has 2 rings (SSSR count). The van der Waals surface area contributed by atoms with Crippen molar-refractivity contribution in [2.24, 2.45) is 5.92 Å². The van der Waals surface area contributed by atoms with Crippen molar-refractivity contribution in [3.05, 3.63) is 23.3 Å². The van der Waals surface area contributed by atoms with Gasteiger partial charge in [0.05, 0.1) is 5.92 Å². The molecule has 0 bridgehead atoms. The summed E-state index contributed by atoms with van der Waals surface area (Å²) in [6, 6.07) is 1.96. The van der Waals surface area contributed by atoms with E-state index in [1.807, 2.05) is 19.9 Å². The van der Waals surface area contributed by atoms with Crippen LogP contribution in [0, 0.1) is 19.8 Å². The van der Waals surface area contributed by atoms with Gasteiger partial charge in [0.25, 0.3) is 0 Å². The summed E-state index contributed by atoms with van der Waals surface area (Å²) in [5, 5.41) is 8.95. The molecule has 0 aromatic carbocycles. The quantitative estimate of drug-likeness (QED) is 0.853. The largest absolute Gasteiger partial charge is 0.481 e. The van der Waals surface area contributed by atoms with E-state index in [2.05, 4.69) is 9.97 Å². The van der Waals surface area contributed by atoms with Crippen LogP contribution in [0.2, 0.25) is 0 Å². The summed E-state index contributed by atoms with van der Waals surface area (Å²) in [6.07, 6.45) is 3.27. The molecule has 1 aromatic heterocycles. The molecule has 1 fully saturated rings. The zero-order valence-corrected chi connectivity index (χ0v) is 10.3. The van der Waals surface area contributed by atoms with E-state index in [9.17, 15) is 4.79 Å². The minimum atomic E-state index is -0.662. The van der Waals surface area contributed by atoms with Crippen molar-refractivity contribution < 1.29 is 9.90 Å². The molecule has 0 amide bonds. The number of hydrogen-bond acceptors (Lipinski definition) is 3. The number of carboxylic acids is 1. The zero-order chi connectivity index (χ0) is 12.4. The molecule has 17 heavy (non-hydrogen) atoms. The molecule has 1 aromatic rings. The van der Waals surface area contributed by atoms with Gasteiger partial charge >= 0.3 is 5.97 Å². The highest BCUT2D eigenvalue weighted by atomic mass is 16.4. The van der Waals surface area contributed by atoms with Crippen LogP contribution in [0.15, 0.2) is 6.07 Å². The highest BCUT2D eigenvalue weighted by molar-refractivity contribution is 5.70. The molecular formula is C13H18N2O2. The second-order valence-corrected chi connectivity index (χ2v) is 4.90. The lowest BCUT2D eigenvalue weighted by Crippen LogP contribution is -2.21. The average molecular weight is 234 g/mol. The van der Waals surface area contributed by atoms with Gasteiger partial charge in [-0.1, -0.05) is 0 Å². The molecule has 92 valence electrons. The van der Waals surface area contributed by atoms with Crippen molar-refractivity contribution in [1.82, 2.24) is 9.97 Å². The minimum Gasteiger partial charge on any atom is -0.481 e. The Labute approximate surface area is 101 Å². The first kappa shape index (κ1) is 12.0. The van der Waals surface area contributed by atoms with Gasteiger partial charge < -0.3 is 5.11 Å². The van der Waals surface area contributed by atoms with Crippen LogP contribution in [0.25, 0.3) is 0 Å². The van der Waals surface area contributed by atoms with Crippen molar-refractivity contribution in [1.29, 1.82) is 0 Å². The number of aliphatic carboxylic acids is 1. The summed E-state index contributed by atoms with van der Waals surface area (Å²) in [5.41, 5.74) is 1.99. The summed E-state index contributed by atoms with van der Waals surface area (Å²) < 4.78 is 0. The Morgan fingerprint density at radius 1 is 1.18 bits per heavy atom. The fourth-order valence-corrected chi connectivity index (χ4v) is 2.53. The van der Waals surface area contributed by atoms with E-state index in [1.54, 1.807) is 0 Å². The van der Waals surface area contributed by atoms with Crippen LogP contribution in [0.1, 0.15) is 48.8 Å². The van der Waals surface area contributed by atoms with Crippen molar-refractivity contribution in [3.8, 4) is 0 Å². The smallest absolute Gasteiger partial charge is 0.306 e. The molecular weight excluding hydrogens is 216 g/mol. The summed E-state index contributed by atoms with van der Waals surface area (Å²) in [6.45, 7) is 3.95. The normalized spacial score (nSPS) is 24.6. The topological polar surface area (TPSA) is 63.1 Å². The number of nitrogens with zero attached hydrogens (tertiary/aromatic N) is 2. The summed E-state index contributed by atoms with van der Waals surface area (Å²) in [7, 11) is 0. The Bertz CT molecular complexity index is 403. The number of aromatic nitrogens is 2. The van der Waals surface area contributed by atoms with E-state index in [0.29, 0.717) is 5.92 Å². The highest BCUT2D eigenvalue weighted by Crippen LogP contribution is 2.34. The molecule has 1 aliphatic rings.